The Kier molecular flexibility index (Phi) is 1.19. The molecule has 0 spiro atoms. The summed E-state index contributed by atoms with van der Waals surface area (Å²) in [4.78, 5) is 11.6. The van der Waals surface area contributed by atoms with Crippen molar-refractivity contribution < 1.29 is 32.8 Å². The number of carbonyl (C=O) groups is 1. The lowest BCUT2D eigenvalue weighted by atomic mass is 10.1. The Hall–Kier alpha value is -0.530. The van der Waals surface area contributed by atoms with Crippen LogP contribution in [0.3, 0.4) is 0 Å². The van der Waals surface area contributed by atoms with Gasteiger partial charge in [-0.05, 0) is 6.37 Å². The van der Waals surface area contributed by atoms with Gasteiger partial charge in [-0.2, -0.15) is 0 Å². The summed E-state index contributed by atoms with van der Waals surface area (Å²) in [6, 6.07) is 0. The second-order valence-corrected chi connectivity index (χ2v) is 1.37. The summed E-state index contributed by atoms with van der Waals surface area (Å²) in [6.45, 7) is -3.83. The molecule has 12 heavy (non-hydrogen) atoms. The van der Waals surface area contributed by atoms with Gasteiger partial charge in [-0.1, -0.05) is 38.7 Å². The minimum Gasteiger partial charge on any atom is -0.469 e. The van der Waals surface area contributed by atoms with E-state index < -0.39 is 57.4 Å². The number of methoxy groups -OCH3 is 1. The van der Waals surface area contributed by atoms with E-state index in [4.69, 9.17) is 23.3 Å². The van der Waals surface area contributed by atoms with Gasteiger partial charge in [0.1, 0.15) is 0 Å². The van der Waals surface area contributed by atoms with Gasteiger partial charge in [0.05, 0.1) is 7.11 Å². The van der Waals surface area contributed by atoms with Crippen LogP contribution in [0.5, 0.6) is 0 Å². The van der Waals surface area contributed by atoms with Crippen molar-refractivity contribution >= 4 is 5.97 Å². The molecular formula is C10H20O2. The van der Waals surface area contributed by atoms with Crippen LogP contribution < -0.4 is 0 Å². The molecule has 0 heterocycles. The van der Waals surface area contributed by atoms with Gasteiger partial charge < -0.3 is 4.74 Å². The van der Waals surface area contributed by atoms with Gasteiger partial charge in [-0.15, -0.1) is 0 Å². The summed E-state index contributed by atoms with van der Waals surface area (Å²) in [5.74, 6) is -1.97. The van der Waals surface area contributed by atoms with Gasteiger partial charge in [0.15, 0.2) is 0 Å². The molecule has 0 fully saturated rings. The Morgan fingerprint density at radius 1 is 1.33 bits per heavy atom. The monoisotopic (exact) mass is 189 g/mol. The normalized spacial score (nSPS) is 40.2. The van der Waals surface area contributed by atoms with Gasteiger partial charge in [0.25, 0.3) is 0 Å². The summed E-state index contributed by atoms with van der Waals surface area (Å²) < 4.78 is 132. The molecule has 0 bridgehead atoms. The van der Waals surface area contributed by atoms with Crippen LogP contribution in [0, 0.1) is 0 Å². The average molecular weight is 189 g/mol. The maximum Gasteiger partial charge on any atom is 0.305 e. The molecule has 2 heteroatoms. The predicted molar refractivity (Wildman–Crippen MR) is 50.0 cm³/mol. The first-order valence-electron chi connectivity index (χ1n) is 11.3. The van der Waals surface area contributed by atoms with Crippen molar-refractivity contribution in [3.8, 4) is 0 Å². The molecule has 0 aliphatic heterocycles. The van der Waals surface area contributed by atoms with E-state index in [0.29, 0.717) is 7.11 Å². The van der Waals surface area contributed by atoms with Crippen LogP contribution >= 0.6 is 0 Å². The largest absolute Gasteiger partial charge is 0.469 e. The highest BCUT2D eigenvalue weighted by atomic mass is 16.5. The third-order valence-electron chi connectivity index (χ3n) is 0.662. The molecule has 0 atom stereocenters. The minimum atomic E-state index is -4.40. The van der Waals surface area contributed by atoms with Crippen LogP contribution in [-0.2, 0) is 9.53 Å². The van der Waals surface area contributed by atoms with Crippen LogP contribution in [0.25, 0.3) is 0 Å². The van der Waals surface area contributed by atoms with E-state index in [-0.39, 0.29) is 0 Å². The summed E-state index contributed by atoms with van der Waals surface area (Å²) >= 11 is 0. The highest BCUT2D eigenvalue weighted by molar-refractivity contribution is 5.68. The first kappa shape index (κ1) is 1.67. The van der Waals surface area contributed by atoms with Crippen molar-refractivity contribution in [2.45, 2.75) is 51.5 Å². The molecule has 72 valence electrons. The van der Waals surface area contributed by atoms with Gasteiger partial charge in [0.2, 0.25) is 0 Å². The third-order valence-corrected chi connectivity index (χ3v) is 0.662. The zero-order valence-corrected chi connectivity index (χ0v) is 6.32. The molecule has 0 aromatic heterocycles. The van der Waals surface area contributed by atoms with E-state index >= 15 is 0 Å². The number of hydrogen-bond donors (Lipinski definition) is 0. The zero-order chi connectivity index (χ0) is 24.3. The summed E-state index contributed by atoms with van der Waals surface area (Å²) in [6.07, 6.45) is -29.5. The van der Waals surface area contributed by atoms with E-state index in [1.54, 1.807) is 0 Å². The number of carbonyl (C=O) groups excluding carboxylic acids is 1. The molecule has 0 aliphatic rings. The van der Waals surface area contributed by atoms with Crippen molar-refractivity contribution in [3.63, 3.8) is 0 Å². The maximum absolute atomic E-state index is 11.6. The molecule has 0 saturated carbocycles. The van der Waals surface area contributed by atoms with Crippen LogP contribution in [0.4, 0.5) is 0 Å². The first-order valence-corrected chi connectivity index (χ1v) is 2.82. The zero-order valence-electron chi connectivity index (χ0n) is 23.3. The van der Waals surface area contributed by atoms with Gasteiger partial charge >= 0.3 is 5.97 Å². The fourth-order valence-electron chi connectivity index (χ4n) is 0.258. The minimum absolute atomic E-state index is 0.628. The molecule has 0 saturated heterocycles. The lowest BCUT2D eigenvalue weighted by molar-refractivity contribution is -0.140. The van der Waals surface area contributed by atoms with Gasteiger partial charge in [-0.25, -0.2) is 0 Å². The number of rotatable bonds is 7. The number of ether oxygens (including phenoxy) is 1. The summed E-state index contributed by atoms with van der Waals surface area (Å²) in [5, 5.41) is 0. The topological polar surface area (TPSA) is 26.3 Å². The Labute approximate surface area is 99.2 Å². The predicted octanol–water partition coefficient (Wildman–Crippen LogP) is 2.91. The van der Waals surface area contributed by atoms with E-state index in [1.807, 2.05) is 0 Å². The molecule has 0 amide bonds. The van der Waals surface area contributed by atoms with Crippen LogP contribution in [0.1, 0.15) is 74.8 Å². The van der Waals surface area contributed by atoms with E-state index in [1.165, 1.54) is 0 Å². The van der Waals surface area contributed by atoms with Gasteiger partial charge in [0, 0.05) is 29.7 Å². The molecule has 0 N–H and O–H groups in total. The number of esters is 1. The first-order chi connectivity index (χ1) is 12.2. The highest BCUT2D eigenvalue weighted by Gasteiger charge is 1.98. The van der Waals surface area contributed by atoms with Crippen molar-refractivity contribution in [1.29, 1.82) is 0 Å². The Morgan fingerprint density at radius 2 is 2.00 bits per heavy atom. The smallest absolute Gasteiger partial charge is 0.305 e. The average Bonchev–Trinajstić information content (AvgIpc) is 2.51. The summed E-state index contributed by atoms with van der Waals surface area (Å²) in [7, 11) is 0.628. The fraction of sp³-hybridized carbons (Fsp3) is 0.900. The van der Waals surface area contributed by atoms with Crippen molar-refractivity contribution in [2.24, 2.45) is 0 Å². The van der Waals surface area contributed by atoms with Crippen molar-refractivity contribution in [1.82, 2.24) is 0 Å². The van der Waals surface area contributed by atoms with Crippen molar-refractivity contribution in [3.05, 3.63) is 0 Å². The fourth-order valence-corrected chi connectivity index (χ4v) is 0.258. The van der Waals surface area contributed by atoms with E-state index in [0.717, 1.165) is 0 Å². The van der Waals surface area contributed by atoms with Crippen molar-refractivity contribution in [2.75, 3.05) is 7.11 Å². The molecular weight excluding hydrogens is 152 g/mol. The quantitative estimate of drug-likeness (QED) is 0.576. The highest BCUT2D eigenvalue weighted by Crippen LogP contribution is 2.06. The summed E-state index contributed by atoms with van der Waals surface area (Å²) in [5.41, 5.74) is 0. The molecule has 0 radical (unpaired) electrons. The van der Waals surface area contributed by atoms with Crippen LogP contribution in [0.2, 0.25) is 0 Å². The number of hydrogen-bond acceptors (Lipinski definition) is 2. The van der Waals surface area contributed by atoms with Gasteiger partial charge in [-0.3, -0.25) is 4.79 Å². The molecule has 0 aromatic rings. The third kappa shape index (κ3) is 7.58. The Bertz CT molecular complexity index is 631. The SMILES string of the molecule is [2H]C([2H])([2H])C([2H])([2H])C([2H])([2H])C([2H])([2H])C([2H])([2H])C([2H])([2H])C([2H])([2H])C([2H])([2H])C(=O)OC. The Morgan fingerprint density at radius 3 is 2.67 bits per heavy atom. The molecule has 0 aromatic carbocycles. The lowest BCUT2D eigenvalue weighted by Gasteiger charge is -1.99. The molecule has 0 aliphatic carbocycles. The molecule has 0 unspecified atom stereocenters. The second-order valence-electron chi connectivity index (χ2n) is 1.37. The maximum atomic E-state index is 11.6. The molecule has 2 nitrogen and oxygen atoms in total. The van der Waals surface area contributed by atoms with Crippen LogP contribution in [-0.4, -0.2) is 13.1 Å². The van der Waals surface area contributed by atoms with E-state index in [2.05, 4.69) is 4.74 Å². The van der Waals surface area contributed by atoms with Crippen LogP contribution in [0.15, 0.2) is 0 Å². The molecule has 0 rings (SSSR count). The van der Waals surface area contributed by atoms with E-state index in [9.17, 15) is 4.79 Å². The Balaban J connectivity index is 6.77. The standard InChI is InChI=1S/C10H20O2/c1-3-4-5-6-7-8-9-10(11)12-2/h3-9H2,1-2H3/i1D3,3D2,4D2,5D2,6D2,7D2,8D2,9D2. The lowest BCUT2D eigenvalue weighted by Crippen LogP contribution is -1.98. The second kappa shape index (κ2) is 8.57.